The van der Waals surface area contributed by atoms with Crippen molar-refractivity contribution in [1.82, 2.24) is 0 Å². The Labute approximate surface area is 107 Å². The van der Waals surface area contributed by atoms with Crippen LogP contribution in [-0.2, 0) is 0 Å². The lowest BCUT2D eigenvalue weighted by atomic mass is 10.2. The summed E-state index contributed by atoms with van der Waals surface area (Å²) in [4.78, 5) is 10.6. The molecule has 0 aliphatic rings. The largest absolute Gasteiger partial charge is 0.475 e. The first-order valence-electron chi connectivity index (χ1n) is 4.92. The van der Waals surface area contributed by atoms with Crippen molar-refractivity contribution in [2.45, 2.75) is 0 Å². The van der Waals surface area contributed by atoms with Crippen LogP contribution < -0.4 is 0 Å². The van der Waals surface area contributed by atoms with Crippen molar-refractivity contribution >= 4 is 34.1 Å². The van der Waals surface area contributed by atoms with Crippen LogP contribution >= 0.6 is 15.9 Å². The van der Waals surface area contributed by atoms with Gasteiger partial charge in [0.1, 0.15) is 5.76 Å². The van der Waals surface area contributed by atoms with Crippen molar-refractivity contribution in [2.24, 2.45) is 0 Å². The summed E-state index contributed by atoms with van der Waals surface area (Å²) in [5.41, 5.74) is 1.01. The Hall–Kier alpha value is -1.81. The zero-order chi connectivity index (χ0) is 12.3. The lowest BCUT2D eigenvalue weighted by Gasteiger charge is -1.93. The molecule has 0 spiro atoms. The maximum atomic E-state index is 10.6. The Balaban J connectivity index is 2.17. The second-order valence-electron chi connectivity index (χ2n) is 3.40. The number of halogens is 1. The molecule has 0 saturated heterocycles. The lowest BCUT2D eigenvalue weighted by Crippen LogP contribution is -1.91. The SMILES string of the molecule is O=C(O)c1ccc(C=Cc2cccc(Br)c2)o1. The van der Waals surface area contributed by atoms with Gasteiger partial charge in [0.25, 0.3) is 0 Å². The van der Waals surface area contributed by atoms with Gasteiger partial charge in [-0.1, -0.05) is 34.1 Å². The molecule has 0 aliphatic carbocycles. The highest BCUT2D eigenvalue weighted by atomic mass is 79.9. The summed E-state index contributed by atoms with van der Waals surface area (Å²) in [6, 6.07) is 10.8. The van der Waals surface area contributed by atoms with Crippen molar-refractivity contribution in [1.29, 1.82) is 0 Å². The van der Waals surface area contributed by atoms with Gasteiger partial charge in [0.2, 0.25) is 5.76 Å². The number of carboxylic acid groups (broad SMARTS) is 1. The highest BCUT2D eigenvalue weighted by Gasteiger charge is 2.06. The van der Waals surface area contributed by atoms with E-state index in [1.54, 1.807) is 12.1 Å². The number of hydrogen-bond acceptors (Lipinski definition) is 2. The van der Waals surface area contributed by atoms with Crippen LogP contribution in [0, 0.1) is 0 Å². The molecule has 2 aromatic rings. The van der Waals surface area contributed by atoms with Crippen LogP contribution in [0.3, 0.4) is 0 Å². The quantitative estimate of drug-likeness (QED) is 0.933. The maximum absolute atomic E-state index is 10.6. The van der Waals surface area contributed by atoms with Gasteiger partial charge in [0.05, 0.1) is 0 Å². The van der Waals surface area contributed by atoms with E-state index in [2.05, 4.69) is 15.9 Å². The molecular formula is C13H9BrO3. The molecule has 86 valence electrons. The molecule has 1 aromatic carbocycles. The van der Waals surface area contributed by atoms with Gasteiger partial charge in [-0.25, -0.2) is 4.79 Å². The van der Waals surface area contributed by atoms with Crippen LogP contribution in [0.25, 0.3) is 12.2 Å². The van der Waals surface area contributed by atoms with Gasteiger partial charge >= 0.3 is 5.97 Å². The highest BCUT2D eigenvalue weighted by molar-refractivity contribution is 9.10. The molecule has 0 bridgehead atoms. The zero-order valence-corrected chi connectivity index (χ0v) is 10.3. The molecule has 0 aliphatic heterocycles. The summed E-state index contributed by atoms with van der Waals surface area (Å²) in [5, 5.41) is 8.70. The van der Waals surface area contributed by atoms with E-state index < -0.39 is 5.97 Å². The molecule has 0 fully saturated rings. The molecule has 0 saturated carbocycles. The molecule has 0 amide bonds. The smallest absolute Gasteiger partial charge is 0.371 e. The van der Waals surface area contributed by atoms with Crippen molar-refractivity contribution in [2.75, 3.05) is 0 Å². The Kier molecular flexibility index (Phi) is 3.44. The Bertz CT molecular complexity index is 570. The highest BCUT2D eigenvalue weighted by Crippen LogP contribution is 2.15. The number of aromatic carboxylic acids is 1. The van der Waals surface area contributed by atoms with Gasteiger partial charge in [-0.05, 0) is 35.9 Å². The first-order valence-corrected chi connectivity index (χ1v) is 5.71. The van der Waals surface area contributed by atoms with Crippen LogP contribution in [-0.4, -0.2) is 11.1 Å². The number of benzene rings is 1. The molecule has 17 heavy (non-hydrogen) atoms. The monoisotopic (exact) mass is 292 g/mol. The van der Waals surface area contributed by atoms with Crippen molar-refractivity contribution in [3.8, 4) is 0 Å². The van der Waals surface area contributed by atoms with Crippen LogP contribution in [0.4, 0.5) is 0 Å². The fourth-order valence-electron chi connectivity index (χ4n) is 1.35. The standard InChI is InChI=1S/C13H9BrO3/c14-10-3-1-2-9(8-10)4-5-11-6-7-12(17-11)13(15)16/h1-8H,(H,15,16). The third-order valence-corrected chi connectivity index (χ3v) is 2.62. The molecule has 1 heterocycles. The van der Waals surface area contributed by atoms with Gasteiger partial charge in [-0.2, -0.15) is 0 Å². The molecule has 0 unspecified atom stereocenters. The summed E-state index contributed by atoms with van der Waals surface area (Å²) in [6.07, 6.45) is 3.59. The fraction of sp³-hybridized carbons (Fsp3) is 0. The van der Waals surface area contributed by atoms with Crippen molar-refractivity contribution in [3.63, 3.8) is 0 Å². The van der Waals surface area contributed by atoms with Gasteiger partial charge in [-0.15, -0.1) is 0 Å². The summed E-state index contributed by atoms with van der Waals surface area (Å²) < 4.78 is 6.09. The van der Waals surface area contributed by atoms with E-state index in [1.807, 2.05) is 30.3 Å². The molecular weight excluding hydrogens is 284 g/mol. The summed E-state index contributed by atoms with van der Waals surface area (Å²) in [5.74, 6) is -0.603. The van der Waals surface area contributed by atoms with Crippen LogP contribution in [0.2, 0.25) is 0 Å². The number of hydrogen-bond donors (Lipinski definition) is 1. The number of rotatable bonds is 3. The average molecular weight is 293 g/mol. The topological polar surface area (TPSA) is 50.4 Å². The zero-order valence-electron chi connectivity index (χ0n) is 8.76. The fourth-order valence-corrected chi connectivity index (χ4v) is 1.76. The van der Waals surface area contributed by atoms with E-state index in [4.69, 9.17) is 9.52 Å². The molecule has 2 rings (SSSR count). The summed E-state index contributed by atoms with van der Waals surface area (Å²) >= 11 is 3.38. The minimum atomic E-state index is -1.06. The minimum absolute atomic E-state index is 0.0566. The Morgan fingerprint density at radius 3 is 2.71 bits per heavy atom. The molecule has 3 nitrogen and oxygen atoms in total. The molecule has 0 atom stereocenters. The summed E-state index contributed by atoms with van der Waals surface area (Å²) in [7, 11) is 0. The van der Waals surface area contributed by atoms with E-state index >= 15 is 0 Å². The van der Waals surface area contributed by atoms with Gasteiger partial charge in [0.15, 0.2) is 0 Å². The maximum Gasteiger partial charge on any atom is 0.371 e. The van der Waals surface area contributed by atoms with Crippen LogP contribution in [0.1, 0.15) is 21.9 Å². The van der Waals surface area contributed by atoms with E-state index in [9.17, 15) is 4.79 Å². The third kappa shape index (κ3) is 3.07. The Morgan fingerprint density at radius 1 is 1.24 bits per heavy atom. The normalized spacial score (nSPS) is 10.9. The average Bonchev–Trinajstić information content (AvgIpc) is 2.75. The molecule has 0 radical (unpaired) electrons. The molecule has 1 N–H and O–H groups in total. The van der Waals surface area contributed by atoms with E-state index in [-0.39, 0.29) is 5.76 Å². The first-order chi connectivity index (χ1) is 8.15. The van der Waals surface area contributed by atoms with Crippen molar-refractivity contribution < 1.29 is 14.3 Å². The number of carbonyl (C=O) groups is 1. The van der Waals surface area contributed by atoms with Crippen molar-refractivity contribution in [3.05, 3.63) is 58.0 Å². The summed E-state index contributed by atoms with van der Waals surface area (Å²) in [6.45, 7) is 0. The van der Waals surface area contributed by atoms with E-state index in [0.717, 1.165) is 10.0 Å². The third-order valence-electron chi connectivity index (χ3n) is 2.13. The predicted molar refractivity (Wildman–Crippen MR) is 68.7 cm³/mol. The number of furan rings is 1. The second-order valence-corrected chi connectivity index (χ2v) is 4.31. The van der Waals surface area contributed by atoms with Crippen LogP contribution in [0.15, 0.2) is 45.3 Å². The Morgan fingerprint density at radius 2 is 2.06 bits per heavy atom. The van der Waals surface area contributed by atoms with E-state index in [1.165, 1.54) is 6.07 Å². The first kappa shape index (κ1) is 11.7. The lowest BCUT2D eigenvalue weighted by molar-refractivity contribution is 0.0662. The van der Waals surface area contributed by atoms with Gasteiger partial charge < -0.3 is 9.52 Å². The minimum Gasteiger partial charge on any atom is -0.475 e. The van der Waals surface area contributed by atoms with Gasteiger partial charge in [0, 0.05) is 4.47 Å². The molecule has 1 aromatic heterocycles. The van der Waals surface area contributed by atoms with Crippen LogP contribution in [0.5, 0.6) is 0 Å². The number of carboxylic acids is 1. The van der Waals surface area contributed by atoms with E-state index in [0.29, 0.717) is 5.76 Å². The van der Waals surface area contributed by atoms with Gasteiger partial charge in [-0.3, -0.25) is 0 Å². The second kappa shape index (κ2) is 5.01. The molecule has 4 heteroatoms. The predicted octanol–water partition coefficient (Wildman–Crippen LogP) is 3.91.